The zero-order chi connectivity index (χ0) is 14.3. The molecule has 0 aliphatic heterocycles. The molecule has 20 heavy (non-hydrogen) atoms. The first-order chi connectivity index (χ1) is 9.48. The van der Waals surface area contributed by atoms with Crippen molar-refractivity contribution < 1.29 is 9.52 Å². The molecule has 0 amide bonds. The van der Waals surface area contributed by atoms with Gasteiger partial charge in [0.2, 0.25) is 0 Å². The summed E-state index contributed by atoms with van der Waals surface area (Å²) in [5, 5.41) is 11.6. The van der Waals surface area contributed by atoms with Gasteiger partial charge in [0.15, 0.2) is 0 Å². The molecule has 1 aliphatic carbocycles. The van der Waals surface area contributed by atoms with Crippen LogP contribution in [-0.2, 0) is 5.41 Å². The van der Waals surface area contributed by atoms with Gasteiger partial charge in [-0.2, -0.15) is 0 Å². The standard InChI is InChI=1S/C18H24O2/c1-12-8-9-14(15(19)10-12)18(2,3)17-11-13-6-4-5-7-16(13)20-17/h4-7,11-12,14-15,19H,8-10H2,1-3H3. The molecule has 1 fully saturated rings. The van der Waals surface area contributed by atoms with E-state index in [1.54, 1.807) is 0 Å². The van der Waals surface area contributed by atoms with Crippen molar-refractivity contribution >= 4 is 11.0 Å². The first-order valence-corrected chi connectivity index (χ1v) is 7.65. The van der Waals surface area contributed by atoms with E-state index in [0.29, 0.717) is 5.92 Å². The van der Waals surface area contributed by atoms with Gasteiger partial charge >= 0.3 is 0 Å². The van der Waals surface area contributed by atoms with Gasteiger partial charge in [-0.15, -0.1) is 0 Å². The number of para-hydroxylation sites is 1. The third kappa shape index (κ3) is 2.26. The van der Waals surface area contributed by atoms with Gasteiger partial charge in [-0.25, -0.2) is 0 Å². The second-order valence-electron chi connectivity index (χ2n) is 6.96. The fraction of sp³-hybridized carbons (Fsp3) is 0.556. The van der Waals surface area contributed by atoms with Crippen molar-refractivity contribution in [2.45, 2.75) is 51.6 Å². The molecule has 2 nitrogen and oxygen atoms in total. The average molecular weight is 272 g/mol. The van der Waals surface area contributed by atoms with Crippen LogP contribution in [-0.4, -0.2) is 11.2 Å². The fourth-order valence-electron chi connectivity index (χ4n) is 3.67. The van der Waals surface area contributed by atoms with Crippen LogP contribution in [0.15, 0.2) is 34.7 Å². The van der Waals surface area contributed by atoms with Crippen LogP contribution in [0, 0.1) is 11.8 Å². The predicted octanol–water partition coefficient (Wildman–Crippen LogP) is 4.51. The van der Waals surface area contributed by atoms with Crippen molar-refractivity contribution in [2.75, 3.05) is 0 Å². The Morgan fingerprint density at radius 1 is 1.20 bits per heavy atom. The van der Waals surface area contributed by atoms with Crippen molar-refractivity contribution in [3.8, 4) is 0 Å². The van der Waals surface area contributed by atoms with Gasteiger partial charge in [-0.05, 0) is 36.8 Å². The number of fused-ring (bicyclic) bond motifs is 1. The van der Waals surface area contributed by atoms with Crippen LogP contribution in [0.4, 0.5) is 0 Å². The number of hydrogen-bond acceptors (Lipinski definition) is 2. The molecule has 3 rings (SSSR count). The molecule has 1 aromatic heterocycles. The summed E-state index contributed by atoms with van der Waals surface area (Å²) in [6.07, 6.45) is 2.97. The van der Waals surface area contributed by atoms with Crippen molar-refractivity contribution in [3.05, 3.63) is 36.1 Å². The first-order valence-electron chi connectivity index (χ1n) is 7.65. The Bertz CT molecular complexity index is 563. The normalized spacial score (nSPS) is 27.9. The highest BCUT2D eigenvalue weighted by molar-refractivity contribution is 5.78. The van der Waals surface area contributed by atoms with E-state index in [-0.39, 0.29) is 17.4 Å². The van der Waals surface area contributed by atoms with Crippen LogP contribution in [0.2, 0.25) is 0 Å². The minimum Gasteiger partial charge on any atom is -0.460 e. The van der Waals surface area contributed by atoms with Crippen LogP contribution in [0.3, 0.4) is 0 Å². The minimum absolute atomic E-state index is 0.126. The highest BCUT2D eigenvalue weighted by Gasteiger charge is 2.41. The van der Waals surface area contributed by atoms with Gasteiger partial charge < -0.3 is 9.52 Å². The van der Waals surface area contributed by atoms with Gasteiger partial charge in [0.1, 0.15) is 11.3 Å². The van der Waals surface area contributed by atoms with E-state index in [1.165, 1.54) is 6.42 Å². The first kappa shape index (κ1) is 13.7. The van der Waals surface area contributed by atoms with Gasteiger partial charge in [0, 0.05) is 10.8 Å². The van der Waals surface area contributed by atoms with E-state index in [0.717, 1.165) is 29.6 Å². The van der Waals surface area contributed by atoms with Crippen LogP contribution in [0.1, 0.15) is 45.8 Å². The number of rotatable bonds is 2. The molecular weight excluding hydrogens is 248 g/mol. The van der Waals surface area contributed by atoms with Crippen molar-refractivity contribution in [2.24, 2.45) is 11.8 Å². The largest absolute Gasteiger partial charge is 0.460 e. The number of aliphatic hydroxyl groups is 1. The Morgan fingerprint density at radius 3 is 2.65 bits per heavy atom. The molecule has 1 aliphatic rings. The second-order valence-corrected chi connectivity index (χ2v) is 6.96. The molecule has 1 aromatic carbocycles. The summed E-state index contributed by atoms with van der Waals surface area (Å²) in [7, 11) is 0. The molecule has 0 radical (unpaired) electrons. The second kappa shape index (κ2) is 4.92. The third-order valence-electron chi connectivity index (χ3n) is 5.07. The SMILES string of the molecule is CC1CCC(C(C)(C)c2cc3ccccc3o2)C(O)C1. The summed E-state index contributed by atoms with van der Waals surface area (Å²) in [6.45, 7) is 6.64. The molecule has 1 N–H and O–H groups in total. The van der Waals surface area contributed by atoms with Gasteiger partial charge in [-0.3, -0.25) is 0 Å². The lowest BCUT2D eigenvalue weighted by molar-refractivity contribution is 0.00913. The number of furan rings is 1. The summed E-state index contributed by atoms with van der Waals surface area (Å²) in [5.41, 5.74) is 0.813. The summed E-state index contributed by atoms with van der Waals surface area (Å²) in [5.74, 6) is 1.91. The van der Waals surface area contributed by atoms with Crippen LogP contribution < -0.4 is 0 Å². The molecule has 2 aromatic rings. The minimum atomic E-state index is -0.220. The zero-order valence-electron chi connectivity index (χ0n) is 12.6. The molecule has 0 saturated heterocycles. The van der Waals surface area contributed by atoms with E-state index >= 15 is 0 Å². The monoisotopic (exact) mass is 272 g/mol. The Kier molecular flexibility index (Phi) is 3.37. The molecule has 108 valence electrons. The number of hydrogen-bond donors (Lipinski definition) is 1. The van der Waals surface area contributed by atoms with E-state index in [1.807, 2.05) is 18.2 Å². The van der Waals surface area contributed by atoms with Crippen LogP contribution in [0.5, 0.6) is 0 Å². The smallest absolute Gasteiger partial charge is 0.134 e. The van der Waals surface area contributed by atoms with Crippen LogP contribution in [0.25, 0.3) is 11.0 Å². The molecule has 0 bridgehead atoms. The maximum absolute atomic E-state index is 10.5. The third-order valence-corrected chi connectivity index (χ3v) is 5.07. The summed E-state index contributed by atoms with van der Waals surface area (Å²) < 4.78 is 6.05. The molecular formula is C18H24O2. The van der Waals surface area contributed by atoms with E-state index in [4.69, 9.17) is 4.42 Å². The molecule has 0 spiro atoms. The highest BCUT2D eigenvalue weighted by atomic mass is 16.3. The summed E-state index contributed by atoms with van der Waals surface area (Å²) in [6, 6.07) is 10.3. The molecule has 1 saturated carbocycles. The highest BCUT2D eigenvalue weighted by Crippen LogP contribution is 2.43. The Balaban J connectivity index is 1.94. The Labute approximate surface area is 120 Å². The maximum atomic E-state index is 10.5. The molecule has 2 heteroatoms. The molecule has 3 atom stereocenters. The van der Waals surface area contributed by atoms with Gasteiger partial charge in [0.05, 0.1) is 6.10 Å². The quantitative estimate of drug-likeness (QED) is 0.872. The van der Waals surface area contributed by atoms with Gasteiger partial charge in [0.25, 0.3) is 0 Å². The summed E-state index contributed by atoms with van der Waals surface area (Å²) >= 11 is 0. The predicted molar refractivity (Wildman–Crippen MR) is 81.8 cm³/mol. The average Bonchev–Trinajstić information content (AvgIpc) is 2.82. The Hall–Kier alpha value is -1.28. The fourth-order valence-corrected chi connectivity index (χ4v) is 3.67. The van der Waals surface area contributed by atoms with Crippen molar-refractivity contribution in [3.63, 3.8) is 0 Å². The van der Waals surface area contributed by atoms with E-state index in [9.17, 15) is 5.11 Å². The van der Waals surface area contributed by atoms with Crippen molar-refractivity contribution in [1.82, 2.24) is 0 Å². The van der Waals surface area contributed by atoms with E-state index < -0.39 is 0 Å². The summed E-state index contributed by atoms with van der Waals surface area (Å²) in [4.78, 5) is 0. The van der Waals surface area contributed by atoms with E-state index in [2.05, 4.69) is 32.9 Å². The van der Waals surface area contributed by atoms with Crippen LogP contribution >= 0.6 is 0 Å². The molecule has 1 heterocycles. The Morgan fingerprint density at radius 2 is 1.95 bits per heavy atom. The molecule has 3 unspecified atom stereocenters. The van der Waals surface area contributed by atoms with Crippen molar-refractivity contribution in [1.29, 1.82) is 0 Å². The lowest BCUT2D eigenvalue weighted by Crippen LogP contribution is -2.41. The zero-order valence-corrected chi connectivity index (χ0v) is 12.6. The topological polar surface area (TPSA) is 33.4 Å². The number of benzene rings is 1. The number of aliphatic hydroxyl groups excluding tert-OH is 1. The van der Waals surface area contributed by atoms with Gasteiger partial charge in [-0.1, -0.05) is 45.4 Å². The lowest BCUT2D eigenvalue weighted by Gasteiger charge is -2.40. The lowest BCUT2D eigenvalue weighted by atomic mass is 9.66. The maximum Gasteiger partial charge on any atom is 0.134 e.